The molecule has 4 nitrogen and oxygen atoms in total. The highest BCUT2D eigenvalue weighted by atomic mass is 32.2. The Morgan fingerprint density at radius 1 is 1.25 bits per heavy atom. The molecule has 2 rings (SSSR count). The number of likely N-dealkylation sites (tertiary alicyclic amines) is 1. The van der Waals surface area contributed by atoms with Crippen LogP contribution in [0.4, 0.5) is 0 Å². The second-order valence-corrected chi connectivity index (χ2v) is 7.05. The number of thioether (sulfide) groups is 1. The molecule has 0 aromatic rings. The number of nitrogens with one attached hydrogen (secondary N) is 2. The minimum absolute atomic E-state index is 0.605. The summed E-state index contributed by atoms with van der Waals surface area (Å²) in [6.45, 7) is 4.68. The summed E-state index contributed by atoms with van der Waals surface area (Å²) in [6, 6.07) is 0.605. The van der Waals surface area contributed by atoms with Crippen molar-refractivity contribution in [1.29, 1.82) is 0 Å². The summed E-state index contributed by atoms with van der Waals surface area (Å²) in [6.07, 6.45) is 10.2. The third kappa shape index (κ3) is 5.17. The first-order valence-corrected chi connectivity index (χ1v) is 9.33. The van der Waals surface area contributed by atoms with Gasteiger partial charge in [0.05, 0.1) is 0 Å². The molecule has 2 fully saturated rings. The van der Waals surface area contributed by atoms with Crippen molar-refractivity contribution < 1.29 is 0 Å². The number of nitrogens with zero attached hydrogens (tertiary/aromatic N) is 2. The molecule has 1 heterocycles. The van der Waals surface area contributed by atoms with Gasteiger partial charge in [0.15, 0.2) is 5.96 Å². The van der Waals surface area contributed by atoms with Crippen LogP contribution < -0.4 is 10.6 Å². The van der Waals surface area contributed by atoms with E-state index in [0.29, 0.717) is 6.04 Å². The van der Waals surface area contributed by atoms with Crippen LogP contribution in [0.2, 0.25) is 0 Å². The average Bonchev–Trinajstić information content (AvgIpc) is 2.95. The van der Waals surface area contributed by atoms with E-state index in [-0.39, 0.29) is 0 Å². The van der Waals surface area contributed by atoms with Gasteiger partial charge in [-0.25, -0.2) is 0 Å². The predicted octanol–water partition coefficient (Wildman–Crippen LogP) is 1.92. The zero-order valence-electron chi connectivity index (χ0n) is 13.0. The fourth-order valence-electron chi connectivity index (χ4n) is 3.19. The Bertz CT molecular complexity index is 302. The van der Waals surface area contributed by atoms with Gasteiger partial charge in [0.1, 0.15) is 0 Å². The largest absolute Gasteiger partial charge is 0.355 e. The summed E-state index contributed by atoms with van der Waals surface area (Å²) in [7, 11) is 1.87. The lowest BCUT2D eigenvalue weighted by Crippen LogP contribution is -2.45. The quantitative estimate of drug-likeness (QED) is 0.601. The number of guanidine groups is 1. The van der Waals surface area contributed by atoms with E-state index in [9.17, 15) is 0 Å². The molecule has 2 unspecified atom stereocenters. The topological polar surface area (TPSA) is 39.7 Å². The third-order valence-electron chi connectivity index (χ3n) is 4.45. The Labute approximate surface area is 128 Å². The first-order valence-electron chi connectivity index (χ1n) is 8.04. The summed E-state index contributed by atoms with van der Waals surface area (Å²) in [5, 5.41) is 7.87. The van der Waals surface area contributed by atoms with Crippen molar-refractivity contribution in [3.8, 4) is 0 Å². The van der Waals surface area contributed by atoms with Crippen molar-refractivity contribution >= 4 is 17.7 Å². The first-order chi connectivity index (χ1) is 9.81. The molecular weight excluding hydrogens is 268 g/mol. The van der Waals surface area contributed by atoms with Crippen LogP contribution >= 0.6 is 11.8 Å². The highest BCUT2D eigenvalue weighted by molar-refractivity contribution is 7.99. The summed E-state index contributed by atoms with van der Waals surface area (Å²) < 4.78 is 0. The zero-order chi connectivity index (χ0) is 14.2. The van der Waals surface area contributed by atoms with Gasteiger partial charge in [-0.05, 0) is 51.4 Å². The summed E-state index contributed by atoms with van der Waals surface area (Å²) >= 11 is 2.00. The molecule has 1 aliphatic heterocycles. The Hall–Kier alpha value is -0.420. The van der Waals surface area contributed by atoms with Crippen molar-refractivity contribution in [2.75, 3.05) is 39.5 Å². The fourth-order valence-corrected chi connectivity index (χ4v) is 3.99. The van der Waals surface area contributed by atoms with Crippen molar-refractivity contribution in [3.63, 3.8) is 0 Å². The average molecular weight is 299 g/mol. The van der Waals surface area contributed by atoms with E-state index < -0.39 is 0 Å². The Kier molecular flexibility index (Phi) is 7.00. The smallest absolute Gasteiger partial charge is 0.191 e. The van der Waals surface area contributed by atoms with E-state index in [2.05, 4.69) is 26.8 Å². The van der Waals surface area contributed by atoms with Crippen LogP contribution in [0.3, 0.4) is 0 Å². The number of aliphatic imine (C=N–C) groups is 1. The van der Waals surface area contributed by atoms with Crippen molar-refractivity contribution in [3.05, 3.63) is 0 Å². The zero-order valence-corrected chi connectivity index (χ0v) is 13.8. The second-order valence-electron chi connectivity index (χ2n) is 5.91. The maximum Gasteiger partial charge on any atom is 0.191 e. The molecule has 1 saturated carbocycles. The second kappa shape index (κ2) is 8.78. The lowest BCUT2D eigenvalue weighted by Gasteiger charge is -2.27. The molecule has 1 aliphatic carbocycles. The van der Waals surface area contributed by atoms with Gasteiger partial charge in [0, 0.05) is 31.4 Å². The molecule has 20 heavy (non-hydrogen) atoms. The monoisotopic (exact) mass is 298 g/mol. The van der Waals surface area contributed by atoms with E-state index in [1.165, 1.54) is 51.6 Å². The molecule has 2 N–H and O–H groups in total. The van der Waals surface area contributed by atoms with Crippen molar-refractivity contribution in [2.45, 2.75) is 49.8 Å². The van der Waals surface area contributed by atoms with Crippen molar-refractivity contribution in [2.24, 2.45) is 4.99 Å². The Morgan fingerprint density at radius 2 is 2.05 bits per heavy atom. The molecule has 2 aliphatic rings. The summed E-state index contributed by atoms with van der Waals surface area (Å²) in [5.74, 6) is 0.980. The van der Waals surface area contributed by atoms with Gasteiger partial charge in [-0.15, -0.1) is 0 Å². The lowest BCUT2D eigenvalue weighted by molar-refractivity contribution is 0.232. The van der Waals surface area contributed by atoms with Crippen molar-refractivity contribution in [1.82, 2.24) is 15.5 Å². The maximum absolute atomic E-state index is 4.35. The molecule has 0 aromatic heterocycles. The highest BCUT2D eigenvalue weighted by Gasteiger charge is 2.24. The van der Waals surface area contributed by atoms with E-state index in [1.54, 1.807) is 0 Å². The lowest BCUT2D eigenvalue weighted by atomic mass is 10.1. The van der Waals surface area contributed by atoms with Crippen LogP contribution in [-0.2, 0) is 0 Å². The highest BCUT2D eigenvalue weighted by Crippen LogP contribution is 2.27. The molecule has 0 amide bonds. The molecule has 5 heteroatoms. The van der Waals surface area contributed by atoms with Gasteiger partial charge in [-0.1, -0.05) is 6.42 Å². The Balaban J connectivity index is 1.62. The van der Waals surface area contributed by atoms with E-state index >= 15 is 0 Å². The predicted molar refractivity (Wildman–Crippen MR) is 89.7 cm³/mol. The van der Waals surface area contributed by atoms with Gasteiger partial charge in [-0.3, -0.25) is 4.99 Å². The van der Waals surface area contributed by atoms with Crippen LogP contribution in [0, 0.1) is 0 Å². The van der Waals surface area contributed by atoms with Crippen LogP contribution in [0.15, 0.2) is 4.99 Å². The Morgan fingerprint density at radius 3 is 2.70 bits per heavy atom. The van der Waals surface area contributed by atoms with Crippen LogP contribution in [0.5, 0.6) is 0 Å². The molecule has 0 spiro atoms. The van der Waals surface area contributed by atoms with E-state index in [1.807, 2.05) is 18.8 Å². The first kappa shape index (κ1) is 16.0. The van der Waals surface area contributed by atoms with E-state index in [0.717, 1.165) is 24.3 Å². The molecule has 0 bridgehead atoms. The van der Waals surface area contributed by atoms with Gasteiger partial charge in [0.25, 0.3) is 0 Å². The van der Waals surface area contributed by atoms with Gasteiger partial charge in [-0.2, -0.15) is 11.8 Å². The molecular formula is C15H30N4S. The molecule has 0 aromatic carbocycles. The number of hydrogen-bond donors (Lipinski definition) is 2. The van der Waals surface area contributed by atoms with Crippen LogP contribution in [0.25, 0.3) is 0 Å². The van der Waals surface area contributed by atoms with Crippen LogP contribution in [0.1, 0.15) is 38.5 Å². The van der Waals surface area contributed by atoms with Gasteiger partial charge >= 0.3 is 0 Å². The minimum Gasteiger partial charge on any atom is -0.355 e. The normalized spacial score (nSPS) is 28.6. The molecule has 2 atom stereocenters. The van der Waals surface area contributed by atoms with Crippen LogP contribution in [-0.4, -0.2) is 61.6 Å². The van der Waals surface area contributed by atoms with E-state index in [4.69, 9.17) is 0 Å². The standard InChI is InChI=1S/C15H30N4S/c1-16-15(18-13-6-7-14(12-13)20-2)17-8-11-19-9-4-3-5-10-19/h13-14H,3-12H2,1-2H3,(H2,16,17,18). The third-order valence-corrected chi connectivity index (χ3v) is 5.55. The van der Waals surface area contributed by atoms with Gasteiger partial charge < -0.3 is 15.5 Å². The molecule has 116 valence electrons. The summed E-state index contributed by atoms with van der Waals surface area (Å²) in [5.41, 5.74) is 0. The number of piperidine rings is 1. The number of hydrogen-bond acceptors (Lipinski definition) is 3. The maximum atomic E-state index is 4.35. The number of rotatable bonds is 5. The van der Waals surface area contributed by atoms with Gasteiger partial charge in [0.2, 0.25) is 0 Å². The fraction of sp³-hybridized carbons (Fsp3) is 0.933. The molecule has 1 saturated heterocycles. The summed E-state index contributed by atoms with van der Waals surface area (Å²) in [4.78, 5) is 6.91. The molecule has 0 radical (unpaired) electrons. The minimum atomic E-state index is 0.605. The SMILES string of the molecule is CN=C(NCCN1CCCCC1)NC1CCC(SC)C1.